The van der Waals surface area contributed by atoms with Gasteiger partial charge in [-0.05, 0) is 24.6 Å². The van der Waals surface area contributed by atoms with Crippen LogP contribution in [0.15, 0.2) is 30.6 Å². The number of nitrogens with zero attached hydrogens (tertiary/aromatic N) is 3. The summed E-state index contributed by atoms with van der Waals surface area (Å²) in [6, 6.07) is 5.35. The maximum absolute atomic E-state index is 10.8. The molecule has 2 aliphatic rings. The van der Waals surface area contributed by atoms with Gasteiger partial charge in [-0.2, -0.15) is 0 Å². The third-order valence-corrected chi connectivity index (χ3v) is 5.33. The van der Waals surface area contributed by atoms with Crippen LogP contribution in [0.4, 0.5) is 5.82 Å². The minimum atomic E-state index is -0.604. The van der Waals surface area contributed by atoms with Crippen LogP contribution in [0.5, 0.6) is 11.5 Å². The fraction of sp³-hybridized carbons (Fsp3) is 0.350. The Labute approximate surface area is 161 Å². The molecule has 0 amide bonds. The van der Waals surface area contributed by atoms with Crippen molar-refractivity contribution in [3.63, 3.8) is 0 Å². The van der Waals surface area contributed by atoms with Crippen LogP contribution in [0.3, 0.4) is 0 Å². The largest absolute Gasteiger partial charge is 0.507 e. The second-order valence-corrected chi connectivity index (χ2v) is 7.04. The number of aliphatic hydroxyl groups excluding tert-OH is 1. The van der Waals surface area contributed by atoms with Crippen molar-refractivity contribution in [2.24, 2.45) is 0 Å². The Morgan fingerprint density at radius 1 is 1.11 bits per heavy atom. The molecule has 28 heavy (non-hydrogen) atoms. The maximum atomic E-state index is 10.8. The minimum Gasteiger partial charge on any atom is -0.507 e. The summed E-state index contributed by atoms with van der Waals surface area (Å²) >= 11 is 0. The highest BCUT2D eigenvalue weighted by molar-refractivity contribution is 6.00. The van der Waals surface area contributed by atoms with Crippen LogP contribution in [0.2, 0.25) is 0 Å². The third kappa shape index (κ3) is 2.81. The lowest BCUT2D eigenvalue weighted by Crippen LogP contribution is -2.42. The van der Waals surface area contributed by atoms with Crippen molar-refractivity contribution in [2.45, 2.75) is 25.0 Å². The number of fused-ring (bicyclic) bond motifs is 2. The summed E-state index contributed by atoms with van der Waals surface area (Å²) in [5, 5.41) is 34.6. The summed E-state index contributed by atoms with van der Waals surface area (Å²) in [5.41, 5.74) is 1.96. The molecule has 5 rings (SSSR count). The highest BCUT2D eigenvalue weighted by Crippen LogP contribution is 2.41. The standard InChI is InChI=1S/C20H20N4O4/c25-16-10-27-7-5-15(16)22-20-11-3-6-21-9-14(11)18(23-24-20)13-1-2-17-12(19(13)26)4-8-28-17/h1-3,6,9,15-16,25-26H,4-5,7-8,10H2,(H,22,24)/t15-,16+/m1/s1. The number of hydrogen-bond acceptors (Lipinski definition) is 8. The molecule has 1 fully saturated rings. The van der Waals surface area contributed by atoms with Gasteiger partial charge in [-0.3, -0.25) is 4.98 Å². The number of anilines is 1. The molecule has 8 heteroatoms. The molecule has 1 saturated heterocycles. The van der Waals surface area contributed by atoms with Gasteiger partial charge in [0.1, 0.15) is 17.2 Å². The van der Waals surface area contributed by atoms with Crippen molar-refractivity contribution in [1.82, 2.24) is 15.2 Å². The summed E-state index contributed by atoms with van der Waals surface area (Å²) in [4.78, 5) is 4.23. The van der Waals surface area contributed by atoms with Crippen molar-refractivity contribution in [3.05, 3.63) is 36.2 Å². The minimum absolute atomic E-state index is 0.157. The van der Waals surface area contributed by atoms with Gasteiger partial charge < -0.3 is 25.0 Å². The van der Waals surface area contributed by atoms with Gasteiger partial charge in [-0.15, -0.1) is 10.2 Å². The Morgan fingerprint density at radius 2 is 2.04 bits per heavy atom. The molecule has 0 saturated carbocycles. The first-order chi connectivity index (χ1) is 13.7. The van der Waals surface area contributed by atoms with E-state index in [1.807, 2.05) is 12.1 Å². The molecule has 4 heterocycles. The first-order valence-electron chi connectivity index (χ1n) is 9.33. The lowest BCUT2D eigenvalue weighted by atomic mass is 10.0. The van der Waals surface area contributed by atoms with Gasteiger partial charge in [0.25, 0.3) is 0 Å². The van der Waals surface area contributed by atoms with Gasteiger partial charge in [-0.25, -0.2) is 0 Å². The molecule has 0 aliphatic carbocycles. The molecule has 2 aromatic heterocycles. The second kappa shape index (κ2) is 6.88. The Morgan fingerprint density at radius 3 is 2.93 bits per heavy atom. The van der Waals surface area contributed by atoms with Crippen molar-refractivity contribution in [1.29, 1.82) is 0 Å². The zero-order valence-electron chi connectivity index (χ0n) is 15.1. The van der Waals surface area contributed by atoms with Crippen molar-refractivity contribution >= 4 is 16.6 Å². The monoisotopic (exact) mass is 380 g/mol. The van der Waals surface area contributed by atoms with Crippen LogP contribution in [-0.2, 0) is 11.2 Å². The summed E-state index contributed by atoms with van der Waals surface area (Å²) < 4.78 is 10.8. The van der Waals surface area contributed by atoms with Gasteiger partial charge in [0.15, 0.2) is 5.82 Å². The summed E-state index contributed by atoms with van der Waals surface area (Å²) in [5.74, 6) is 1.47. The van der Waals surface area contributed by atoms with Crippen molar-refractivity contribution < 1.29 is 19.7 Å². The van der Waals surface area contributed by atoms with Crippen LogP contribution in [0, 0.1) is 0 Å². The van der Waals surface area contributed by atoms with Crippen LogP contribution in [0.25, 0.3) is 22.0 Å². The van der Waals surface area contributed by atoms with E-state index in [9.17, 15) is 10.2 Å². The molecule has 8 nitrogen and oxygen atoms in total. The average Bonchev–Trinajstić information content (AvgIpc) is 3.20. The number of nitrogens with one attached hydrogen (secondary N) is 1. The van der Waals surface area contributed by atoms with E-state index in [4.69, 9.17) is 9.47 Å². The highest BCUT2D eigenvalue weighted by Gasteiger charge is 2.26. The van der Waals surface area contributed by atoms with Crippen LogP contribution in [0.1, 0.15) is 12.0 Å². The van der Waals surface area contributed by atoms with Gasteiger partial charge in [0.2, 0.25) is 0 Å². The fourth-order valence-electron chi connectivity index (χ4n) is 3.82. The molecule has 0 unspecified atom stereocenters. The molecule has 3 N–H and O–H groups in total. The van der Waals surface area contributed by atoms with Gasteiger partial charge in [-0.1, -0.05) is 0 Å². The number of phenolic OH excluding ortho intramolecular Hbond substituents is 1. The SMILES string of the molecule is Oc1c(-c2nnc(N[C@@H]3CCOC[C@@H]3O)c3ccncc23)ccc2c1CCO2. The maximum Gasteiger partial charge on any atom is 0.157 e. The number of pyridine rings is 1. The predicted molar refractivity (Wildman–Crippen MR) is 102 cm³/mol. The predicted octanol–water partition coefficient (Wildman–Crippen LogP) is 1.89. The zero-order chi connectivity index (χ0) is 19.1. The topological polar surface area (TPSA) is 110 Å². The molecular weight excluding hydrogens is 360 g/mol. The number of aromatic nitrogens is 3. The number of rotatable bonds is 3. The normalized spacial score (nSPS) is 21.3. The Bertz CT molecular complexity index is 1040. The van der Waals surface area contributed by atoms with E-state index in [1.54, 1.807) is 18.5 Å². The third-order valence-electron chi connectivity index (χ3n) is 5.33. The quantitative estimate of drug-likeness (QED) is 0.632. The number of benzene rings is 1. The lowest BCUT2D eigenvalue weighted by Gasteiger charge is -2.29. The van der Waals surface area contributed by atoms with Gasteiger partial charge in [0.05, 0.1) is 25.4 Å². The van der Waals surface area contributed by atoms with Crippen LogP contribution >= 0.6 is 0 Å². The zero-order valence-corrected chi connectivity index (χ0v) is 15.1. The second-order valence-electron chi connectivity index (χ2n) is 7.04. The number of aromatic hydroxyl groups is 1. The Hall–Kier alpha value is -2.97. The molecule has 1 aromatic carbocycles. The number of hydrogen-bond donors (Lipinski definition) is 3. The van der Waals surface area contributed by atoms with E-state index in [1.165, 1.54) is 0 Å². The van der Waals surface area contributed by atoms with E-state index in [-0.39, 0.29) is 11.8 Å². The molecule has 0 bridgehead atoms. The molecule has 3 aromatic rings. The smallest absolute Gasteiger partial charge is 0.157 e. The molecule has 144 valence electrons. The van der Waals surface area contributed by atoms with Crippen molar-refractivity contribution in [3.8, 4) is 22.8 Å². The summed E-state index contributed by atoms with van der Waals surface area (Å²) in [7, 11) is 0. The Kier molecular flexibility index (Phi) is 4.22. The molecule has 0 spiro atoms. The number of phenols is 1. The highest BCUT2D eigenvalue weighted by atomic mass is 16.5. The summed E-state index contributed by atoms with van der Waals surface area (Å²) in [6.07, 6.45) is 4.15. The molecule has 2 atom stereocenters. The Balaban J connectivity index is 1.59. The first kappa shape index (κ1) is 17.2. The fourth-order valence-corrected chi connectivity index (χ4v) is 3.82. The van der Waals surface area contributed by atoms with Gasteiger partial charge >= 0.3 is 0 Å². The number of aliphatic hydroxyl groups is 1. The molecule has 0 radical (unpaired) electrons. The average molecular weight is 380 g/mol. The van der Waals surface area contributed by atoms with Crippen molar-refractivity contribution in [2.75, 3.05) is 25.1 Å². The molecular formula is C20H20N4O4. The van der Waals surface area contributed by atoms with E-state index in [0.717, 1.165) is 16.3 Å². The van der Waals surface area contributed by atoms with Crippen LogP contribution in [-0.4, -0.2) is 57.4 Å². The van der Waals surface area contributed by atoms with E-state index in [2.05, 4.69) is 20.5 Å². The first-order valence-corrected chi connectivity index (χ1v) is 9.33. The molecule has 2 aliphatic heterocycles. The summed E-state index contributed by atoms with van der Waals surface area (Å²) in [6.45, 7) is 1.45. The van der Waals surface area contributed by atoms with Gasteiger partial charge in [0, 0.05) is 47.3 Å². The number of ether oxygens (including phenoxy) is 2. The van der Waals surface area contributed by atoms with Crippen LogP contribution < -0.4 is 10.1 Å². The van der Waals surface area contributed by atoms with E-state index >= 15 is 0 Å². The van der Waals surface area contributed by atoms with E-state index in [0.29, 0.717) is 55.5 Å². The lowest BCUT2D eigenvalue weighted by molar-refractivity contribution is -0.0135. The van der Waals surface area contributed by atoms with E-state index < -0.39 is 6.10 Å².